The summed E-state index contributed by atoms with van der Waals surface area (Å²) in [5.41, 5.74) is 0. The standard InChI is InChI=1S/C11H20N2S/c1-3-9(8-12)13-10-5-4-6-11(7-10)14-2/h9-11,13H,3-7H2,1-2H3. The summed E-state index contributed by atoms with van der Waals surface area (Å²) in [5.74, 6) is 0. The van der Waals surface area contributed by atoms with Crippen molar-refractivity contribution >= 4 is 11.8 Å². The largest absolute Gasteiger partial charge is 0.299 e. The van der Waals surface area contributed by atoms with Crippen molar-refractivity contribution in [3.63, 3.8) is 0 Å². The van der Waals surface area contributed by atoms with Crippen molar-refractivity contribution in [2.75, 3.05) is 6.26 Å². The normalized spacial score (nSPS) is 29.5. The zero-order valence-corrected chi connectivity index (χ0v) is 9.94. The van der Waals surface area contributed by atoms with Crippen molar-refractivity contribution in [2.24, 2.45) is 0 Å². The first-order chi connectivity index (χ1) is 6.80. The fraction of sp³-hybridized carbons (Fsp3) is 0.909. The van der Waals surface area contributed by atoms with E-state index in [1.54, 1.807) is 0 Å². The van der Waals surface area contributed by atoms with Gasteiger partial charge in [-0.05, 0) is 31.9 Å². The summed E-state index contributed by atoms with van der Waals surface area (Å²) in [6, 6.07) is 2.94. The molecule has 0 heterocycles. The summed E-state index contributed by atoms with van der Waals surface area (Å²) in [6.07, 6.45) is 8.24. The van der Waals surface area contributed by atoms with Gasteiger partial charge in [-0.3, -0.25) is 5.32 Å². The summed E-state index contributed by atoms with van der Waals surface area (Å²) < 4.78 is 0. The van der Waals surface area contributed by atoms with Gasteiger partial charge in [0.05, 0.1) is 12.1 Å². The maximum absolute atomic E-state index is 8.86. The van der Waals surface area contributed by atoms with E-state index in [4.69, 9.17) is 5.26 Å². The van der Waals surface area contributed by atoms with Gasteiger partial charge in [-0.25, -0.2) is 0 Å². The van der Waals surface area contributed by atoms with Crippen LogP contribution in [0.25, 0.3) is 0 Å². The highest BCUT2D eigenvalue weighted by Crippen LogP contribution is 2.27. The van der Waals surface area contributed by atoms with E-state index in [1.165, 1.54) is 25.7 Å². The Morgan fingerprint density at radius 3 is 2.93 bits per heavy atom. The number of rotatable bonds is 4. The van der Waals surface area contributed by atoms with Crippen molar-refractivity contribution < 1.29 is 0 Å². The molecule has 0 saturated heterocycles. The minimum atomic E-state index is 0.0561. The second-order valence-electron chi connectivity index (χ2n) is 3.98. The van der Waals surface area contributed by atoms with Crippen LogP contribution in [-0.4, -0.2) is 23.6 Å². The van der Waals surface area contributed by atoms with Gasteiger partial charge in [-0.1, -0.05) is 13.3 Å². The fourth-order valence-corrected chi connectivity index (χ4v) is 2.87. The molecule has 0 spiro atoms. The summed E-state index contributed by atoms with van der Waals surface area (Å²) in [5, 5.41) is 13.1. The van der Waals surface area contributed by atoms with Crippen LogP contribution in [0.2, 0.25) is 0 Å². The third kappa shape index (κ3) is 3.51. The van der Waals surface area contributed by atoms with Crippen LogP contribution in [0.15, 0.2) is 0 Å². The Morgan fingerprint density at radius 2 is 2.36 bits per heavy atom. The molecular weight excluding hydrogens is 192 g/mol. The fourth-order valence-electron chi connectivity index (χ4n) is 2.04. The molecule has 1 saturated carbocycles. The van der Waals surface area contributed by atoms with Gasteiger partial charge in [0.25, 0.3) is 0 Å². The summed E-state index contributed by atoms with van der Waals surface area (Å²) in [4.78, 5) is 0. The van der Waals surface area contributed by atoms with Crippen LogP contribution < -0.4 is 5.32 Å². The molecule has 3 unspecified atom stereocenters. The van der Waals surface area contributed by atoms with Gasteiger partial charge >= 0.3 is 0 Å². The number of thioether (sulfide) groups is 1. The van der Waals surface area contributed by atoms with Crippen LogP contribution in [0.5, 0.6) is 0 Å². The van der Waals surface area contributed by atoms with E-state index in [2.05, 4.69) is 24.6 Å². The molecule has 0 amide bonds. The Kier molecular flexibility index (Phi) is 5.36. The summed E-state index contributed by atoms with van der Waals surface area (Å²) >= 11 is 1.97. The van der Waals surface area contributed by atoms with Gasteiger partial charge in [0.1, 0.15) is 0 Å². The lowest BCUT2D eigenvalue weighted by atomic mass is 9.94. The second-order valence-corrected chi connectivity index (χ2v) is 5.12. The van der Waals surface area contributed by atoms with Gasteiger partial charge in [0.2, 0.25) is 0 Å². The predicted octanol–water partition coefficient (Wildman–Crippen LogP) is 2.55. The lowest BCUT2D eigenvalue weighted by Crippen LogP contribution is -2.40. The molecule has 0 radical (unpaired) electrons. The smallest absolute Gasteiger partial charge is 0.0952 e. The minimum absolute atomic E-state index is 0.0561. The van der Waals surface area contributed by atoms with Crippen LogP contribution >= 0.6 is 11.8 Å². The van der Waals surface area contributed by atoms with Gasteiger partial charge in [0.15, 0.2) is 0 Å². The van der Waals surface area contributed by atoms with Crippen molar-refractivity contribution in [1.82, 2.24) is 5.32 Å². The quantitative estimate of drug-likeness (QED) is 0.778. The molecule has 2 nitrogen and oxygen atoms in total. The number of nitrogens with one attached hydrogen (secondary N) is 1. The van der Waals surface area contributed by atoms with E-state index in [9.17, 15) is 0 Å². The highest BCUT2D eigenvalue weighted by Gasteiger charge is 2.22. The molecule has 3 atom stereocenters. The zero-order valence-electron chi connectivity index (χ0n) is 9.12. The van der Waals surface area contributed by atoms with Gasteiger partial charge in [-0.15, -0.1) is 0 Å². The van der Waals surface area contributed by atoms with Crippen LogP contribution in [0.3, 0.4) is 0 Å². The van der Waals surface area contributed by atoms with E-state index < -0.39 is 0 Å². The number of hydrogen-bond donors (Lipinski definition) is 1. The third-order valence-electron chi connectivity index (χ3n) is 2.96. The van der Waals surface area contributed by atoms with E-state index in [-0.39, 0.29) is 6.04 Å². The third-order valence-corrected chi connectivity index (χ3v) is 4.06. The monoisotopic (exact) mass is 212 g/mol. The van der Waals surface area contributed by atoms with Gasteiger partial charge in [-0.2, -0.15) is 17.0 Å². The molecule has 0 bridgehead atoms. The van der Waals surface area contributed by atoms with Crippen LogP contribution in [0, 0.1) is 11.3 Å². The van der Waals surface area contributed by atoms with Crippen LogP contribution in [0.1, 0.15) is 39.0 Å². The molecule has 80 valence electrons. The maximum Gasteiger partial charge on any atom is 0.0952 e. The van der Waals surface area contributed by atoms with Crippen molar-refractivity contribution in [1.29, 1.82) is 5.26 Å². The Labute approximate surface area is 91.4 Å². The first-order valence-corrected chi connectivity index (χ1v) is 6.77. The molecule has 0 aromatic rings. The molecule has 14 heavy (non-hydrogen) atoms. The molecule has 1 rings (SSSR count). The van der Waals surface area contributed by atoms with Crippen molar-refractivity contribution in [3.05, 3.63) is 0 Å². The zero-order chi connectivity index (χ0) is 10.4. The SMILES string of the molecule is CCC(C#N)NC1CCCC(SC)C1. The lowest BCUT2D eigenvalue weighted by Gasteiger charge is -2.30. The lowest BCUT2D eigenvalue weighted by molar-refractivity contribution is 0.361. The van der Waals surface area contributed by atoms with Gasteiger partial charge < -0.3 is 0 Å². The summed E-state index contributed by atoms with van der Waals surface area (Å²) in [6.45, 7) is 2.07. The van der Waals surface area contributed by atoms with E-state index in [0.29, 0.717) is 6.04 Å². The highest BCUT2D eigenvalue weighted by atomic mass is 32.2. The number of nitriles is 1. The van der Waals surface area contributed by atoms with E-state index in [0.717, 1.165) is 11.7 Å². The van der Waals surface area contributed by atoms with Crippen LogP contribution in [-0.2, 0) is 0 Å². The molecule has 0 aromatic heterocycles. The molecular formula is C11H20N2S. The number of hydrogen-bond acceptors (Lipinski definition) is 3. The van der Waals surface area contributed by atoms with Crippen LogP contribution in [0.4, 0.5) is 0 Å². The Balaban J connectivity index is 2.33. The highest BCUT2D eigenvalue weighted by molar-refractivity contribution is 7.99. The Hall–Kier alpha value is -0.200. The molecule has 0 aromatic carbocycles. The summed E-state index contributed by atoms with van der Waals surface area (Å²) in [7, 11) is 0. The Morgan fingerprint density at radius 1 is 1.57 bits per heavy atom. The first-order valence-electron chi connectivity index (χ1n) is 5.48. The molecule has 0 aliphatic heterocycles. The minimum Gasteiger partial charge on any atom is -0.299 e. The van der Waals surface area contributed by atoms with E-state index in [1.807, 2.05) is 11.8 Å². The molecule has 1 aliphatic rings. The second kappa shape index (κ2) is 6.31. The van der Waals surface area contributed by atoms with Gasteiger partial charge in [0, 0.05) is 11.3 Å². The average Bonchev–Trinajstić information content (AvgIpc) is 2.26. The molecule has 1 aliphatic carbocycles. The number of nitrogens with zero attached hydrogens (tertiary/aromatic N) is 1. The average molecular weight is 212 g/mol. The Bertz CT molecular complexity index is 200. The van der Waals surface area contributed by atoms with E-state index >= 15 is 0 Å². The predicted molar refractivity (Wildman–Crippen MR) is 62.4 cm³/mol. The first kappa shape index (κ1) is 11.9. The van der Waals surface area contributed by atoms with Crippen molar-refractivity contribution in [3.8, 4) is 6.07 Å². The topological polar surface area (TPSA) is 35.8 Å². The van der Waals surface area contributed by atoms with Crippen molar-refractivity contribution in [2.45, 2.75) is 56.4 Å². The molecule has 1 N–H and O–H groups in total. The molecule has 1 fully saturated rings. The maximum atomic E-state index is 8.86. The molecule has 3 heteroatoms.